The zero-order chi connectivity index (χ0) is 11.1. The van der Waals surface area contributed by atoms with Crippen LogP contribution in [0, 0.1) is 0 Å². The van der Waals surface area contributed by atoms with Crippen molar-refractivity contribution >= 4 is 17.4 Å². The molecule has 0 aliphatic rings. The minimum absolute atomic E-state index is 0.301. The summed E-state index contributed by atoms with van der Waals surface area (Å²) in [6.45, 7) is 2.99. The molecule has 1 heterocycles. The molecule has 78 valence electrons. The van der Waals surface area contributed by atoms with Crippen molar-refractivity contribution in [3.05, 3.63) is 23.0 Å². The Balaban J connectivity index is 3.45. The molecule has 3 nitrogen and oxygen atoms in total. The Hall–Kier alpha value is -1.17. The molecule has 0 bridgehead atoms. The lowest BCUT2D eigenvalue weighted by atomic mass is 10.2. The van der Waals surface area contributed by atoms with E-state index in [1.807, 2.05) is 0 Å². The summed E-state index contributed by atoms with van der Waals surface area (Å²) < 4.78 is 37.8. The second-order valence-corrected chi connectivity index (χ2v) is 2.94. The van der Waals surface area contributed by atoms with Crippen LogP contribution in [-0.2, 0) is 13.2 Å². The highest BCUT2D eigenvalue weighted by atomic mass is 35.5. The van der Waals surface area contributed by atoms with E-state index >= 15 is 0 Å². The molecule has 1 N–H and O–H groups in total. The highest BCUT2D eigenvalue weighted by Crippen LogP contribution is 2.36. The SMILES string of the molecule is C=C(O)c1c(C(F)(F)F)nn(C)c1Cl. The first-order valence-corrected chi connectivity index (χ1v) is 3.81. The van der Waals surface area contributed by atoms with E-state index < -0.39 is 23.2 Å². The molecular formula is C7H6ClF3N2O. The molecule has 0 spiro atoms. The zero-order valence-corrected chi connectivity index (χ0v) is 7.82. The number of nitrogens with zero attached hydrogens (tertiary/aromatic N) is 2. The Bertz CT molecular complexity index is 383. The van der Waals surface area contributed by atoms with E-state index in [1.54, 1.807) is 0 Å². The molecule has 0 fully saturated rings. The second-order valence-electron chi connectivity index (χ2n) is 2.58. The molecule has 0 radical (unpaired) electrons. The molecule has 1 rings (SSSR count). The number of halogens is 4. The largest absolute Gasteiger partial charge is 0.508 e. The van der Waals surface area contributed by atoms with Crippen molar-refractivity contribution in [3.8, 4) is 0 Å². The summed E-state index contributed by atoms with van der Waals surface area (Å²) in [7, 11) is 1.24. The van der Waals surface area contributed by atoms with Crippen LogP contribution < -0.4 is 0 Å². The van der Waals surface area contributed by atoms with Crippen LogP contribution in [0.2, 0.25) is 5.15 Å². The van der Waals surface area contributed by atoms with Crippen LogP contribution in [-0.4, -0.2) is 14.9 Å². The van der Waals surface area contributed by atoms with Crippen LogP contribution in [0.25, 0.3) is 5.76 Å². The van der Waals surface area contributed by atoms with Gasteiger partial charge in [-0.3, -0.25) is 4.68 Å². The van der Waals surface area contributed by atoms with Crippen molar-refractivity contribution < 1.29 is 18.3 Å². The number of rotatable bonds is 1. The summed E-state index contributed by atoms with van der Waals surface area (Å²) in [6.07, 6.45) is -4.66. The van der Waals surface area contributed by atoms with Gasteiger partial charge in [0.15, 0.2) is 5.69 Å². The Morgan fingerprint density at radius 1 is 1.57 bits per heavy atom. The molecule has 0 atom stereocenters. The molecule has 1 aromatic heterocycles. The molecule has 0 aromatic carbocycles. The van der Waals surface area contributed by atoms with E-state index in [0.29, 0.717) is 0 Å². The van der Waals surface area contributed by atoms with Gasteiger partial charge in [-0.05, 0) is 0 Å². The number of hydrogen-bond donors (Lipinski definition) is 1. The lowest BCUT2D eigenvalue weighted by molar-refractivity contribution is -0.141. The van der Waals surface area contributed by atoms with Crippen molar-refractivity contribution in [1.29, 1.82) is 0 Å². The normalized spacial score (nSPS) is 11.8. The molecule has 0 saturated heterocycles. The maximum atomic E-state index is 12.3. The molecule has 14 heavy (non-hydrogen) atoms. The van der Waals surface area contributed by atoms with E-state index in [0.717, 1.165) is 4.68 Å². The Kier molecular flexibility index (Phi) is 2.49. The third-order valence-corrected chi connectivity index (χ3v) is 1.97. The maximum absolute atomic E-state index is 12.3. The van der Waals surface area contributed by atoms with Crippen LogP contribution in [0.15, 0.2) is 6.58 Å². The van der Waals surface area contributed by atoms with Crippen LogP contribution in [0.5, 0.6) is 0 Å². The molecule has 0 saturated carbocycles. The monoisotopic (exact) mass is 226 g/mol. The van der Waals surface area contributed by atoms with Crippen molar-refractivity contribution in [2.24, 2.45) is 7.05 Å². The lowest BCUT2D eigenvalue weighted by Gasteiger charge is -2.04. The Morgan fingerprint density at radius 3 is 2.36 bits per heavy atom. The zero-order valence-electron chi connectivity index (χ0n) is 7.06. The number of aliphatic hydroxyl groups is 1. The van der Waals surface area contributed by atoms with Gasteiger partial charge in [-0.15, -0.1) is 0 Å². The van der Waals surface area contributed by atoms with Gasteiger partial charge in [0.05, 0.1) is 5.56 Å². The van der Waals surface area contributed by atoms with Gasteiger partial charge in [0.2, 0.25) is 0 Å². The van der Waals surface area contributed by atoms with Crippen LogP contribution in [0.4, 0.5) is 13.2 Å². The second kappa shape index (κ2) is 3.20. The van der Waals surface area contributed by atoms with E-state index in [-0.39, 0.29) is 5.15 Å². The van der Waals surface area contributed by atoms with Crippen molar-refractivity contribution in [1.82, 2.24) is 9.78 Å². The van der Waals surface area contributed by atoms with Crippen molar-refractivity contribution in [3.63, 3.8) is 0 Å². The van der Waals surface area contributed by atoms with Crippen LogP contribution in [0.1, 0.15) is 11.3 Å². The summed E-state index contributed by atoms with van der Waals surface area (Å²) in [5, 5.41) is 11.8. The van der Waals surface area contributed by atoms with E-state index in [9.17, 15) is 13.2 Å². The number of alkyl halides is 3. The number of aliphatic hydroxyl groups excluding tert-OH is 1. The van der Waals surface area contributed by atoms with Gasteiger partial charge in [0.25, 0.3) is 0 Å². The smallest absolute Gasteiger partial charge is 0.435 e. The summed E-state index contributed by atoms with van der Waals surface area (Å²) in [5.41, 5.74) is -1.82. The van der Waals surface area contributed by atoms with Crippen LogP contribution in [0.3, 0.4) is 0 Å². The fourth-order valence-electron chi connectivity index (χ4n) is 0.958. The minimum atomic E-state index is -4.66. The van der Waals surface area contributed by atoms with Gasteiger partial charge in [-0.2, -0.15) is 18.3 Å². The third-order valence-electron chi connectivity index (χ3n) is 1.53. The highest BCUT2D eigenvalue weighted by Gasteiger charge is 2.39. The molecule has 7 heteroatoms. The Labute approximate surface area is 82.4 Å². The first-order chi connectivity index (χ1) is 6.25. The highest BCUT2D eigenvalue weighted by molar-refractivity contribution is 6.31. The predicted octanol–water partition coefficient (Wildman–Crippen LogP) is 2.62. The third kappa shape index (κ3) is 1.70. The fourth-order valence-corrected chi connectivity index (χ4v) is 1.19. The fraction of sp³-hybridized carbons (Fsp3) is 0.286. The average molecular weight is 227 g/mol. The van der Waals surface area contributed by atoms with Gasteiger partial charge >= 0.3 is 6.18 Å². The summed E-state index contributed by atoms with van der Waals surface area (Å²) in [5.74, 6) is -0.754. The van der Waals surface area contributed by atoms with Crippen LogP contribution >= 0.6 is 11.6 Å². The summed E-state index contributed by atoms with van der Waals surface area (Å²) >= 11 is 5.49. The van der Waals surface area contributed by atoms with E-state index in [2.05, 4.69) is 11.7 Å². The maximum Gasteiger partial charge on any atom is 0.435 e. The molecule has 0 amide bonds. The molecule has 0 unspecified atom stereocenters. The van der Waals surface area contributed by atoms with Crippen molar-refractivity contribution in [2.75, 3.05) is 0 Å². The predicted molar refractivity (Wildman–Crippen MR) is 44.9 cm³/mol. The Morgan fingerprint density at radius 2 is 2.07 bits per heavy atom. The first-order valence-electron chi connectivity index (χ1n) is 3.43. The molecule has 0 aliphatic heterocycles. The van der Waals surface area contributed by atoms with Gasteiger partial charge in [0.1, 0.15) is 10.9 Å². The molecule has 1 aromatic rings. The number of hydrogen-bond acceptors (Lipinski definition) is 2. The first kappa shape index (κ1) is 10.9. The number of aryl methyl sites for hydroxylation is 1. The van der Waals surface area contributed by atoms with E-state index in [1.165, 1.54) is 7.05 Å². The van der Waals surface area contributed by atoms with Gasteiger partial charge < -0.3 is 5.11 Å². The topological polar surface area (TPSA) is 38.1 Å². The lowest BCUT2D eigenvalue weighted by Crippen LogP contribution is -2.09. The quantitative estimate of drug-likeness (QED) is 0.748. The molecular weight excluding hydrogens is 221 g/mol. The minimum Gasteiger partial charge on any atom is -0.508 e. The number of aromatic nitrogens is 2. The van der Waals surface area contributed by atoms with Gasteiger partial charge in [0, 0.05) is 7.05 Å². The molecule has 0 aliphatic carbocycles. The standard InChI is InChI=1S/C7H6ClF3N2O/c1-3(14)4-5(7(9,10)11)12-13(2)6(4)8/h14H,1H2,2H3. The van der Waals surface area contributed by atoms with E-state index in [4.69, 9.17) is 16.7 Å². The van der Waals surface area contributed by atoms with Gasteiger partial charge in [-0.1, -0.05) is 18.2 Å². The summed E-state index contributed by atoms with van der Waals surface area (Å²) in [6, 6.07) is 0. The van der Waals surface area contributed by atoms with Gasteiger partial charge in [-0.25, -0.2) is 0 Å². The van der Waals surface area contributed by atoms with Crippen molar-refractivity contribution in [2.45, 2.75) is 6.18 Å². The summed E-state index contributed by atoms with van der Waals surface area (Å²) in [4.78, 5) is 0. The average Bonchev–Trinajstić information content (AvgIpc) is 2.27.